The van der Waals surface area contributed by atoms with Gasteiger partial charge in [-0.25, -0.2) is 4.39 Å². The minimum Gasteiger partial charge on any atom is -0.354 e. The minimum absolute atomic E-state index is 0.153. The van der Waals surface area contributed by atoms with Gasteiger partial charge in [-0.3, -0.25) is 9.59 Å². The van der Waals surface area contributed by atoms with Crippen LogP contribution in [0.5, 0.6) is 0 Å². The lowest BCUT2D eigenvalue weighted by atomic mass is 10.0. The first kappa shape index (κ1) is 23.9. The molecule has 0 radical (unpaired) electrons. The predicted octanol–water partition coefficient (Wildman–Crippen LogP) is 5.05. The summed E-state index contributed by atoms with van der Waals surface area (Å²) in [6, 6.07) is 11.5. The number of nitrogens with zero attached hydrogens (tertiary/aromatic N) is 1. The molecule has 4 nitrogen and oxygen atoms in total. The molecule has 6 heteroatoms. The highest BCUT2D eigenvalue weighted by atomic mass is 35.5. The number of benzene rings is 2. The predicted molar refractivity (Wildman–Crippen MR) is 119 cm³/mol. The number of amides is 2. The van der Waals surface area contributed by atoms with E-state index in [0.717, 1.165) is 24.0 Å². The van der Waals surface area contributed by atoms with E-state index in [1.165, 1.54) is 12.1 Å². The fourth-order valence-corrected chi connectivity index (χ4v) is 3.58. The molecular formula is C24H30ClFN2O2. The Hall–Kier alpha value is -2.40. The van der Waals surface area contributed by atoms with Gasteiger partial charge in [0.2, 0.25) is 11.8 Å². The summed E-state index contributed by atoms with van der Waals surface area (Å²) in [4.78, 5) is 27.7. The van der Waals surface area contributed by atoms with Crippen LogP contribution in [0.15, 0.2) is 42.5 Å². The highest BCUT2D eigenvalue weighted by molar-refractivity contribution is 6.31. The largest absolute Gasteiger partial charge is 0.354 e. The van der Waals surface area contributed by atoms with Gasteiger partial charge in [0.1, 0.15) is 11.9 Å². The lowest BCUT2D eigenvalue weighted by molar-refractivity contribution is -0.141. The Morgan fingerprint density at radius 1 is 1.13 bits per heavy atom. The van der Waals surface area contributed by atoms with Gasteiger partial charge in [-0.05, 0) is 43.0 Å². The van der Waals surface area contributed by atoms with Crippen LogP contribution in [0.4, 0.5) is 4.39 Å². The lowest BCUT2D eigenvalue weighted by Crippen LogP contribution is -2.49. The Morgan fingerprint density at radius 2 is 1.87 bits per heavy atom. The third-order valence-corrected chi connectivity index (χ3v) is 5.56. The van der Waals surface area contributed by atoms with Crippen LogP contribution in [0.1, 0.15) is 49.8 Å². The molecule has 162 valence electrons. The summed E-state index contributed by atoms with van der Waals surface area (Å²) in [5.74, 6) is -1.04. The summed E-state index contributed by atoms with van der Waals surface area (Å²) >= 11 is 6.13. The van der Waals surface area contributed by atoms with Gasteiger partial charge < -0.3 is 10.2 Å². The molecule has 0 heterocycles. The fraction of sp³-hybridized carbons (Fsp3) is 0.417. The normalized spacial score (nSPS) is 11.8. The first-order valence-electron chi connectivity index (χ1n) is 10.4. The van der Waals surface area contributed by atoms with Crippen LogP contribution in [-0.4, -0.2) is 29.3 Å². The van der Waals surface area contributed by atoms with Gasteiger partial charge >= 0.3 is 0 Å². The van der Waals surface area contributed by atoms with Crippen LogP contribution in [0.25, 0.3) is 0 Å². The topological polar surface area (TPSA) is 49.4 Å². The van der Waals surface area contributed by atoms with Gasteiger partial charge in [-0.1, -0.05) is 62.2 Å². The highest BCUT2D eigenvalue weighted by Gasteiger charge is 2.29. The molecule has 1 atom stereocenters. The molecule has 2 rings (SSSR count). The zero-order valence-corrected chi connectivity index (χ0v) is 18.6. The number of rotatable bonds is 10. The van der Waals surface area contributed by atoms with Crippen LogP contribution in [0.3, 0.4) is 0 Å². The van der Waals surface area contributed by atoms with E-state index >= 15 is 0 Å². The molecule has 0 aliphatic rings. The Balaban J connectivity index is 2.32. The second kappa shape index (κ2) is 11.7. The van der Waals surface area contributed by atoms with Crippen LogP contribution >= 0.6 is 11.6 Å². The summed E-state index contributed by atoms with van der Waals surface area (Å²) in [6.07, 6.45) is 2.10. The summed E-state index contributed by atoms with van der Waals surface area (Å²) in [6.45, 7) is 6.73. The number of carbonyl (C=O) groups is 2. The van der Waals surface area contributed by atoms with Crippen molar-refractivity contribution in [2.75, 3.05) is 6.54 Å². The quantitative estimate of drug-likeness (QED) is 0.534. The maximum atomic E-state index is 14.3. The standard InChI is InChI=1S/C24H30ClFN2O2/c1-4-6-14-27-24(30)22(5-2)28(16-18-11-8-7-10-17(18)3)23(29)15-19-20(25)12-9-13-21(19)26/h7-13,22H,4-6,14-16H2,1-3H3,(H,27,30). The Bertz CT molecular complexity index is 852. The second-order valence-electron chi connectivity index (χ2n) is 7.39. The summed E-state index contributed by atoms with van der Waals surface area (Å²) < 4.78 is 14.3. The molecular weight excluding hydrogens is 403 g/mol. The van der Waals surface area contributed by atoms with E-state index in [1.807, 2.05) is 38.1 Å². The molecule has 0 saturated heterocycles. The average Bonchev–Trinajstić information content (AvgIpc) is 2.72. The van der Waals surface area contributed by atoms with Crippen molar-refractivity contribution in [2.24, 2.45) is 0 Å². The third kappa shape index (κ3) is 6.30. The lowest BCUT2D eigenvalue weighted by Gasteiger charge is -2.31. The van der Waals surface area contributed by atoms with E-state index in [4.69, 9.17) is 11.6 Å². The van der Waals surface area contributed by atoms with E-state index < -0.39 is 11.9 Å². The zero-order valence-electron chi connectivity index (χ0n) is 17.9. The van der Waals surface area contributed by atoms with Crippen molar-refractivity contribution < 1.29 is 14.0 Å². The number of hydrogen-bond acceptors (Lipinski definition) is 2. The van der Waals surface area contributed by atoms with Crippen LogP contribution < -0.4 is 5.32 Å². The van der Waals surface area contributed by atoms with Crippen molar-refractivity contribution in [2.45, 2.75) is 59.0 Å². The van der Waals surface area contributed by atoms with Crippen molar-refractivity contribution in [1.82, 2.24) is 10.2 Å². The molecule has 1 N–H and O–H groups in total. The molecule has 2 aromatic carbocycles. The molecule has 0 aliphatic heterocycles. The van der Waals surface area contributed by atoms with Gasteiger partial charge in [0.05, 0.1) is 6.42 Å². The van der Waals surface area contributed by atoms with Crippen molar-refractivity contribution in [3.8, 4) is 0 Å². The van der Waals surface area contributed by atoms with Gasteiger partial charge in [0.15, 0.2) is 0 Å². The molecule has 0 saturated carbocycles. The molecule has 2 amide bonds. The van der Waals surface area contributed by atoms with Crippen molar-refractivity contribution in [3.05, 3.63) is 70.0 Å². The molecule has 0 fully saturated rings. The zero-order chi connectivity index (χ0) is 22.1. The number of nitrogens with one attached hydrogen (secondary N) is 1. The maximum Gasteiger partial charge on any atom is 0.242 e. The third-order valence-electron chi connectivity index (χ3n) is 5.21. The van der Waals surface area contributed by atoms with Gasteiger partial charge in [-0.2, -0.15) is 0 Å². The number of carbonyl (C=O) groups excluding carboxylic acids is 2. The van der Waals surface area contributed by atoms with E-state index in [1.54, 1.807) is 11.0 Å². The van der Waals surface area contributed by atoms with E-state index in [9.17, 15) is 14.0 Å². The Kier molecular flexibility index (Phi) is 9.31. The molecule has 2 aromatic rings. The Morgan fingerprint density at radius 3 is 2.50 bits per heavy atom. The summed E-state index contributed by atoms with van der Waals surface area (Å²) in [5, 5.41) is 3.13. The van der Waals surface area contributed by atoms with Crippen LogP contribution in [0.2, 0.25) is 5.02 Å². The second-order valence-corrected chi connectivity index (χ2v) is 7.80. The highest BCUT2D eigenvalue weighted by Crippen LogP contribution is 2.22. The van der Waals surface area contributed by atoms with Crippen LogP contribution in [-0.2, 0) is 22.6 Å². The monoisotopic (exact) mass is 432 g/mol. The number of hydrogen-bond donors (Lipinski definition) is 1. The first-order valence-corrected chi connectivity index (χ1v) is 10.8. The van der Waals surface area contributed by atoms with Crippen molar-refractivity contribution in [1.29, 1.82) is 0 Å². The van der Waals surface area contributed by atoms with Crippen molar-refractivity contribution >= 4 is 23.4 Å². The molecule has 0 aromatic heterocycles. The summed E-state index contributed by atoms with van der Waals surface area (Å²) in [7, 11) is 0. The van der Waals surface area contributed by atoms with Gasteiger partial charge in [0.25, 0.3) is 0 Å². The number of unbranched alkanes of at least 4 members (excludes halogenated alkanes) is 1. The smallest absolute Gasteiger partial charge is 0.242 e. The van der Waals surface area contributed by atoms with Gasteiger partial charge in [-0.15, -0.1) is 0 Å². The van der Waals surface area contributed by atoms with Crippen LogP contribution in [0, 0.1) is 12.7 Å². The molecule has 1 unspecified atom stereocenters. The average molecular weight is 433 g/mol. The van der Waals surface area contributed by atoms with E-state index in [2.05, 4.69) is 12.2 Å². The van der Waals surface area contributed by atoms with Crippen molar-refractivity contribution in [3.63, 3.8) is 0 Å². The Labute approximate surface area is 183 Å². The molecule has 0 bridgehead atoms. The number of halogens is 2. The fourth-order valence-electron chi connectivity index (χ4n) is 3.35. The number of aryl methyl sites for hydroxylation is 1. The molecule has 30 heavy (non-hydrogen) atoms. The summed E-state index contributed by atoms with van der Waals surface area (Å²) in [5.41, 5.74) is 2.13. The SMILES string of the molecule is CCCCNC(=O)C(CC)N(Cc1ccccc1C)C(=O)Cc1c(F)cccc1Cl. The van der Waals surface area contributed by atoms with E-state index in [-0.39, 0.29) is 35.4 Å². The minimum atomic E-state index is -0.639. The van der Waals surface area contributed by atoms with E-state index in [0.29, 0.717) is 13.0 Å². The molecule has 0 spiro atoms. The first-order chi connectivity index (χ1) is 14.4. The molecule has 0 aliphatic carbocycles. The maximum absolute atomic E-state index is 14.3. The van der Waals surface area contributed by atoms with Gasteiger partial charge in [0, 0.05) is 23.7 Å².